The SMILES string of the molecule is CCCC(C)NC(=O)CC(=O)O. The predicted octanol–water partition coefficient (Wildman–Crippen LogP) is 0.766. The Morgan fingerprint density at radius 2 is 2.08 bits per heavy atom. The van der Waals surface area contributed by atoms with Gasteiger partial charge in [-0.3, -0.25) is 9.59 Å². The van der Waals surface area contributed by atoms with Gasteiger partial charge in [-0.25, -0.2) is 0 Å². The van der Waals surface area contributed by atoms with Crippen LogP contribution in [0.4, 0.5) is 0 Å². The molecule has 0 fully saturated rings. The van der Waals surface area contributed by atoms with Crippen LogP contribution in [0, 0.1) is 0 Å². The number of carbonyl (C=O) groups is 2. The van der Waals surface area contributed by atoms with Crippen molar-refractivity contribution in [2.24, 2.45) is 0 Å². The van der Waals surface area contributed by atoms with E-state index in [1.165, 1.54) is 0 Å². The number of nitrogens with one attached hydrogen (secondary N) is 1. The van der Waals surface area contributed by atoms with E-state index in [1.807, 2.05) is 13.8 Å². The summed E-state index contributed by atoms with van der Waals surface area (Å²) in [5, 5.41) is 10.9. The highest BCUT2D eigenvalue weighted by Gasteiger charge is 2.09. The van der Waals surface area contributed by atoms with Crippen molar-refractivity contribution < 1.29 is 14.7 Å². The molecule has 0 aromatic carbocycles. The second kappa shape index (κ2) is 5.57. The van der Waals surface area contributed by atoms with Crippen LogP contribution in [0.5, 0.6) is 0 Å². The fraction of sp³-hybridized carbons (Fsp3) is 0.750. The van der Waals surface area contributed by atoms with E-state index in [4.69, 9.17) is 5.11 Å². The molecule has 0 bridgehead atoms. The van der Waals surface area contributed by atoms with Gasteiger partial charge in [-0.15, -0.1) is 0 Å². The first kappa shape index (κ1) is 10.9. The van der Waals surface area contributed by atoms with Gasteiger partial charge in [-0.05, 0) is 13.3 Å². The molecule has 4 heteroatoms. The van der Waals surface area contributed by atoms with E-state index < -0.39 is 18.3 Å². The maximum atomic E-state index is 10.8. The first-order chi connectivity index (χ1) is 5.56. The highest BCUT2D eigenvalue weighted by molar-refractivity contribution is 5.93. The minimum atomic E-state index is -1.09. The van der Waals surface area contributed by atoms with E-state index in [0.29, 0.717) is 0 Å². The van der Waals surface area contributed by atoms with Gasteiger partial charge in [-0.2, -0.15) is 0 Å². The minimum Gasteiger partial charge on any atom is -0.481 e. The normalized spacial score (nSPS) is 12.2. The average Bonchev–Trinajstić information content (AvgIpc) is 1.84. The van der Waals surface area contributed by atoms with Crippen molar-refractivity contribution in [2.45, 2.75) is 39.2 Å². The molecule has 0 radical (unpaired) electrons. The van der Waals surface area contributed by atoms with Gasteiger partial charge in [-0.1, -0.05) is 13.3 Å². The summed E-state index contributed by atoms with van der Waals surface area (Å²) in [5.41, 5.74) is 0. The molecule has 0 aliphatic rings. The van der Waals surface area contributed by atoms with E-state index >= 15 is 0 Å². The Morgan fingerprint density at radius 1 is 1.50 bits per heavy atom. The van der Waals surface area contributed by atoms with Gasteiger partial charge < -0.3 is 10.4 Å². The highest BCUT2D eigenvalue weighted by atomic mass is 16.4. The fourth-order valence-corrected chi connectivity index (χ4v) is 0.968. The molecule has 0 aliphatic heterocycles. The van der Waals surface area contributed by atoms with Crippen molar-refractivity contribution >= 4 is 11.9 Å². The number of hydrogen-bond donors (Lipinski definition) is 2. The quantitative estimate of drug-likeness (QED) is 0.603. The van der Waals surface area contributed by atoms with E-state index in [0.717, 1.165) is 12.8 Å². The lowest BCUT2D eigenvalue weighted by molar-refractivity contribution is -0.140. The van der Waals surface area contributed by atoms with Gasteiger partial charge in [0.25, 0.3) is 0 Å². The van der Waals surface area contributed by atoms with Crippen molar-refractivity contribution in [3.05, 3.63) is 0 Å². The van der Waals surface area contributed by atoms with Gasteiger partial charge in [0, 0.05) is 6.04 Å². The van der Waals surface area contributed by atoms with Crippen LogP contribution in [0.25, 0.3) is 0 Å². The molecule has 1 atom stereocenters. The lowest BCUT2D eigenvalue weighted by Gasteiger charge is -2.10. The molecular formula is C8H15NO3. The van der Waals surface area contributed by atoms with Crippen molar-refractivity contribution in [1.82, 2.24) is 5.32 Å². The van der Waals surface area contributed by atoms with Crippen LogP contribution in [0.2, 0.25) is 0 Å². The summed E-state index contributed by atoms with van der Waals surface area (Å²) in [6.07, 6.45) is 1.42. The Kier molecular flexibility index (Phi) is 5.08. The maximum Gasteiger partial charge on any atom is 0.312 e. The Morgan fingerprint density at radius 3 is 2.50 bits per heavy atom. The number of carbonyl (C=O) groups excluding carboxylic acids is 1. The number of amides is 1. The van der Waals surface area contributed by atoms with E-state index in [9.17, 15) is 9.59 Å². The zero-order valence-electron chi connectivity index (χ0n) is 7.46. The summed E-state index contributed by atoms with van der Waals surface area (Å²) in [6, 6.07) is 0.0712. The lowest BCUT2D eigenvalue weighted by atomic mass is 10.2. The first-order valence-electron chi connectivity index (χ1n) is 4.07. The number of carboxylic acids is 1. The number of carboxylic acid groups (broad SMARTS) is 1. The van der Waals surface area contributed by atoms with Crippen LogP contribution >= 0.6 is 0 Å². The van der Waals surface area contributed by atoms with Crippen molar-refractivity contribution in [2.75, 3.05) is 0 Å². The smallest absolute Gasteiger partial charge is 0.312 e. The lowest BCUT2D eigenvalue weighted by Crippen LogP contribution is -2.33. The predicted molar refractivity (Wildman–Crippen MR) is 44.8 cm³/mol. The topological polar surface area (TPSA) is 66.4 Å². The van der Waals surface area contributed by atoms with Crippen molar-refractivity contribution in [3.8, 4) is 0 Å². The first-order valence-corrected chi connectivity index (χ1v) is 4.07. The summed E-state index contributed by atoms with van der Waals surface area (Å²) < 4.78 is 0. The molecule has 0 spiro atoms. The monoisotopic (exact) mass is 173 g/mol. The minimum absolute atomic E-state index is 0.0712. The second-order valence-corrected chi connectivity index (χ2v) is 2.83. The number of aliphatic carboxylic acids is 1. The number of rotatable bonds is 5. The van der Waals surface area contributed by atoms with Gasteiger partial charge >= 0.3 is 5.97 Å². The molecule has 0 saturated heterocycles. The Labute approximate surface area is 72.0 Å². The third-order valence-electron chi connectivity index (χ3n) is 1.44. The second-order valence-electron chi connectivity index (χ2n) is 2.83. The molecular weight excluding hydrogens is 158 g/mol. The summed E-state index contributed by atoms with van der Waals surface area (Å²) in [6.45, 7) is 3.88. The van der Waals surface area contributed by atoms with E-state index in [-0.39, 0.29) is 6.04 Å². The summed E-state index contributed by atoms with van der Waals surface area (Å²) in [5.74, 6) is -1.50. The Balaban J connectivity index is 3.61. The van der Waals surface area contributed by atoms with Gasteiger partial charge in [0.05, 0.1) is 0 Å². The zero-order chi connectivity index (χ0) is 9.56. The molecule has 4 nitrogen and oxygen atoms in total. The Hall–Kier alpha value is -1.06. The number of hydrogen-bond acceptors (Lipinski definition) is 2. The average molecular weight is 173 g/mol. The Bertz CT molecular complexity index is 168. The maximum absolute atomic E-state index is 10.8. The molecule has 0 aromatic heterocycles. The van der Waals surface area contributed by atoms with E-state index in [1.54, 1.807) is 0 Å². The van der Waals surface area contributed by atoms with Crippen LogP contribution in [0.1, 0.15) is 33.1 Å². The summed E-state index contributed by atoms with van der Waals surface area (Å²) in [4.78, 5) is 20.9. The van der Waals surface area contributed by atoms with E-state index in [2.05, 4.69) is 5.32 Å². The molecule has 0 aromatic rings. The molecule has 1 unspecified atom stereocenters. The van der Waals surface area contributed by atoms with Crippen LogP contribution in [-0.4, -0.2) is 23.0 Å². The molecule has 2 N–H and O–H groups in total. The van der Waals surface area contributed by atoms with Crippen LogP contribution in [0.15, 0.2) is 0 Å². The van der Waals surface area contributed by atoms with Crippen molar-refractivity contribution in [3.63, 3.8) is 0 Å². The molecule has 12 heavy (non-hydrogen) atoms. The van der Waals surface area contributed by atoms with Crippen LogP contribution < -0.4 is 5.32 Å². The molecule has 0 aliphatic carbocycles. The zero-order valence-corrected chi connectivity index (χ0v) is 7.46. The third-order valence-corrected chi connectivity index (χ3v) is 1.44. The standard InChI is InChI=1S/C8H15NO3/c1-3-4-6(2)9-7(10)5-8(11)12/h6H,3-5H2,1-2H3,(H,9,10)(H,11,12). The summed E-state index contributed by atoms with van der Waals surface area (Å²) >= 11 is 0. The molecule has 1 amide bonds. The van der Waals surface area contributed by atoms with Crippen molar-refractivity contribution in [1.29, 1.82) is 0 Å². The summed E-state index contributed by atoms with van der Waals surface area (Å²) in [7, 11) is 0. The molecule has 0 heterocycles. The van der Waals surface area contributed by atoms with Crippen LogP contribution in [-0.2, 0) is 9.59 Å². The van der Waals surface area contributed by atoms with Gasteiger partial charge in [0.15, 0.2) is 0 Å². The third kappa shape index (κ3) is 5.70. The molecule has 70 valence electrons. The largest absolute Gasteiger partial charge is 0.481 e. The fourth-order valence-electron chi connectivity index (χ4n) is 0.968. The molecule has 0 rings (SSSR count). The van der Waals surface area contributed by atoms with Gasteiger partial charge in [0.2, 0.25) is 5.91 Å². The van der Waals surface area contributed by atoms with Gasteiger partial charge in [0.1, 0.15) is 6.42 Å². The van der Waals surface area contributed by atoms with Crippen LogP contribution in [0.3, 0.4) is 0 Å². The molecule has 0 saturated carbocycles. The highest BCUT2D eigenvalue weighted by Crippen LogP contribution is 1.95.